The Balaban J connectivity index is 1.54. The topological polar surface area (TPSA) is 55.7 Å². The molecule has 136 valence electrons. The third-order valence-corrected chi connectivity index (χ3v) is 7.62. The monoisotopic (exact) mass is 367 g/mol. The minimum absolute atomic E-state index is 0.0653. The van der Waals surface area contributed by atoms with Crippen molar-refractivity contribution >= 4 is 17.5 Å². The average Bonchev–Trinajstić information content (AvgIpc) is 2.92. The molecule has 1 saturated carbocycles. The molecule has 0 aliphatic heterocycles. The Labute approximate surface area is 159 Å². The van der Waals surface area contributed by atoms with Gasteiger partial charge in [-0.2, -0.15) is 5.10 Å². The molecule has 2 bridgehead atoms. The highest BCUT2D eigenvalue weighted by Gasteiger charge is 2.61. The normalized spacial score (nSPS) is 25.3. The number of hydrogen-bond acceptors (Lipinski definition) is 5. The summed E-state index contributed by atoms with van der Waals surface area (Å²) in [4.78, 5) is 17.4. The minimum Gasteiger partial charge on any atom is -0.293 e. The first-order valence-corrected chi connectivity index (χ1v) is 10.2. The van der Waals surface area contributed by atoms with Crippen LogP contribution in [0, 0.1) is 19.3 Å². The molecule has 1 heterocycles. The highest BCUT2D eigenvalue weighted by Crippen LogP contribution is 2.66. The molecule has 2 atom stereocenters. The van der Waals surface area contributed by atoms with Crippen molar-refractivity contribution in [3.63, 3.8) is 0 Å². The van der Waals surface area contributed by atoms with Gasteiger partial charge in [-0.05, 0) is 37.7 Å². The molecule has 4 nitrogen and oxygen atoms in total. The van der Waals surface area contributed by atoms with Crippen molar-refractivity contribution in [2.75, 3.05) is 5.75 Å². The molecule has 0 N–H and O–H groups in total. The van der Waals surface area contributed by atoms with Gasteiger partial charge in [-0.25, -0.2) is 4.98 Å². The van der Waals surface area contributed by atoms with Gasteiger partial charge in [0.25, 0.3) is 0 Å². The quantitative estimate of drug-likeness (QED) is 0.582. The number of carbonyl (C=O) groups excluding carboxylic acids is 1. The lowest BCUT2D eigenvalue weighted by molar-refractivity contribution is 0.102. The molecule has 0 amide bonds. The smallest absolute Gasteiger partial charge is 0.209 e. The van der Waals surface area contributed by atoms with Crippen LogP contribution in [-0.4, -0.2) is 26.7 Å². The van der Waals surface area contributed by atoms with Gasteiger partial charge in [0, 0.05) is 16.9 Å². The fraction of sp³-hybridized carbons (Fsp3) is 0.524. The van der Waals surface area contributed by atoms with Gasteiger partial charge in [-0.1, -0.05) is 56.3 Å². The van der Waals surface area contributed by atoms with Crippen LogP contribution < -0.4 is 0 Å². The predicted molar refractivity (Wildman–Crippen MR) is 104 cm³/mol. The first-order chi connectivity index (χ1) is 12.2. The lowest BCUT2D eigenvalue weighted by Crippen LogP contribution is -2.32. The molecular weight excluding hydrogens is 342 g/mol. The van der Waals surface area contributed by atoms with E-state index in [1.54, 1.807) is 0 Å². The summed E-state index contributed by atoms with van der Waals surface area (Å²) in [5, 5.41) is 9.45. The zero-order chi connectivity index (χ0) is 18.7. The minimum atomic E-state index is 0.0653. The van der Waals surface area contributed by atoms with Crippen LogP contribution in [-0.2, 0) is 5.41 Å². The van der Waals surface area contributed by atoms with Gasteiger partial charge in [0.05, 0.1) is 17.1 Å². The average molecular weight is 368 g/mol. The zero-order valence-corrected chi connectivity index (χ0v) is 16.9. The maximum absolute atomic E-state index is 12.6. The Bertz CT molecular complexity index is 908. The molecule has 1 fully saturated rings. The summed E-state index contributed by atoms with van der Waals surface area (Å²) in [6, 6.07) is 5.95. The zero-order valence-electron chi connectivity index (χ0n) is 16.1. The summed E-state index contributed by atoms with van der Waals surface area (Å²) < 4.78 is 0. The van der Waals surface area contributed by atoms with E-state index in [0.29, 0.717) is 16.8 Å². The van der Waals surface area contributed by atoms with Crippen LogP contribution in [0.4, 0.5) is 0 Å². The molecule has 2 aliphatic carbocycles. The van der Waals surface area contributed by atoms with Crippen LogP contribution in [0.1, 0.15) is 72.4 Å². The van der Waals surface area contributed by atoms with Crippen LogP contribution in [0.15, 0.2) is 23.4 Å². The number of thioether (sulfide) groups is 1. The Morgan fingerprint density at radius 1 is 1.23 bits per heavy atom. The summed E-state index contributed by atoms with van der Waals surface area (Å²) in [6.07, 6.45) is 2.33. The lowest BCUT2D eigenvalue weighted by Gasteiger charge is -2.33. The van der Waals surface area contributed by atoms with E-state index in [-0.39, 0.29) is 16.6 Å². The van der Waals surface area contributed by atoms with E-state index < -0.39 is 0 Å². The van der Waals surface area contributed by atoms with Crippen molar-refractivity contribution in [1.29, 1.82) is 0 Å². The number of benzene rings is 1. The maximum Gasteiger partial charge on any atom is 0.209 e. The van der Waals surface area contributed by atoms with Gasteiger partial charge in [0.1, 0.15) is 0 Å². The van der Waals surface area contributed by atoms with Crippen molar-refractivity contribution in [3.05, 3.63) is 46.3 Å². The molecule has 1 aromatic heterocycles. The van der Waals surface area contributed by atoms with Crippen molar-refractivity contribution in [2.24, 2.45) is 5.41 Å². The molecule has 0 saturated heterocycles. The molecule has 5 heteroatoms. The summed E-state index contributed by atoms with van der Waals surface area (Å²) in [5.41, 5.74) is 5.40. The lowest BCUT2D eigenvalue weighted by atomic mass is 9.70. The third-order valence-electron chi connectivity index (χ3n) is 6.79. The van der Waals surface area contributed by atoms with Crippen molar-refractivity contribution in [2.45, 2.75) is 63.9 Å². The largest absolute Gasteiger partial charge is 0.293 e. The molecule has 2 aromatic rings. The number of nitrogens with zero attached hydrogens (tertiary/aromatic N) is 3. The Morgan fingerprint density at radius 2 is 2.00 bits per heavy atom. The summed E-state index contributed by atoms with van der Waals surface area (Å²) >= 11 is 1.39. The van der Waals surface area contributed by atoms with Crippen LogP contribution in [0.5, 0.6) is 0 Å². The van der Waals surface area contributed by atoms with Crippen LogP contribution >= 0.6 is 11.8 Å². The molecule has 4 rings (SSSR count). The van der Waals surface area contributed by atoms with Crippen molar-refractivity contribution in [1.82, 2.24) is 15.2 Å². The number of fused-ring (bicyclic) bond motifs is 5. The van der Waals surface area contributed by atoms with Gasteiger partial charge < -0.3 is 0 Å². The third kappa shape index (κ3) is 2.43. The Kier molecular flexibility index (Phi) is 3.99. The fourth-order valence-electron chi connectivity index (χ4n) is 4.76. The summed E-state index contributed by atoms with van der Waals surface area (Å²) in [6.45, 7) is 11.0. The van der Waals surface area contributed by atoms with E-state index in [1.807, 2.05) is 32.0 Å². The standard InChI is InChI=1S/C21H25N3OS/c1-12-6-7-14(13(2)10-12)16(25)11-26-19-22-18-17(23-24-19)15-8-9-21(18,5)20(15,3)4/h6-7,10,15H,8-9,11H2,1-5H3/t15-,21-/m0/s1. The first-order valence-electron chi connectivity index (χ1n) is 9.22. The summed E-state index contributed by atoms with van der Waals surface area (Å²) in [7, 11) is 0. The van der Waals surface area contributed by atoms with Gasteiger partial charge in [0.15, 0.2) is 5.78 Å². The number of aromatic nitrogens is 3. The van der Waals surface area contributed by atoms with E-state index in [0.717, 1.165) is 28.9 Å². The molecule has 1 aromatic carbocycles. The van der Waals surface area contributed by atoms with Gasteiger partial charge in [-0.3, -0.25) is 4.79 Å². The number of Topliss-reactive ketones (excluding diaryl/α,β-unsaturated/α-hetero) is 1. The summed E-state index contributed by atoms with van der Waals surface area (Å²) in [5.74, 6) is 0.913. The first kappa shape index (κ1) is 17.7. The number of carbonyl (C=O) groups is 1. The fourth-order valence-corrected chi connectivity index (χ4v) is 5.43. The van der Waals surface area contributed by atoms with Crippen molar-refractivity contribution in [3.8, 4) is 0 Å². The van der Waals surface area contributed by atoms with Crippen LogP contribution in [0.2, 0.25) is 0 Å². The predicted octanol–water partition coefficient (Wildman–Crippen LogP) is 4.64. The van der Waals surface area contributed by atoms with Gasteiger partial charge in [0.2, 0.25) is 5.16 Å². The Hall–Kier alpha value is -1.75. The number of hydrogen-bond donors (Lipinski definition) is 0. The number of ketones is 1. The van der Waals surface area contributed by atoms with Crippen molar-refractivity contribution < 1.29 is 4.79 Å². The number of rotatable bonds is 4. The second-order valence-electron chi connectivity index (χ2n) is 8.50. The second-order valence-corrected chi connectivity index (χ2v) is 9.45. The molecule has 0 radical (unpaired) electrons. The molecule has 26 heavy (non-hydrogen) atoms. The molecule has 2 aliphatic rings. The molecule has 0 unspecified atom stereocenters. The van der Waals surface area contributed by atoms with E-state index in [2.05, 4.69) is 31.0 Å². The van der Waals surface area contributed by atoms with E-state index >= 15 is 0 Å². The maximum atomic E-state index is 12.6. The number of aryl methyl sites for hydroxylation is 2. The molecule has 0 spiro atoms. The Morgan fingerprint density at radius 3 is 2.73 bits per heavy atom. The van der Waals surface area contributed by atoms with Crippen LogP contribution in [0.25, 0.3) is 0 Å². The van der Waals surface area contributed by atoms with Gasteiger partial charge >= 0.3 is 0 Å². The van der Waals surface area contributed by atoms with Gasteiger partial charge in [-0.15, -0.1) is 5.10 Å². The van der Waals surface area contributed by atoms with Crippen LogP contribution in [0.3, 0.4) is 0 Å². The highest BCUT2D eigenvalue weighted by molar-refractivity contribution is 7.99. The van der Waals surface area contributed by atoms with E-state index in [1.165, 1.54) is 23.7 Å². The highest BCUT2D eigenvalue weighted by atomic mass is 32.2. The SMILES string of the molecule is Cc1ccc(C(=O)CSc2nnc3c(n2)[C@]2(C)CC[C@@H]3C2(C)C)c(C)c1. The van der Waals surface area contributed by atoms with E-state index in [4.69, 9.17) is 4.98 Å². The molecular formula is C21H25N3OS. The van der Waals surface area contributed by atoms with E-state index in [9.17, 15) is 4.79 Å². The second kappa shape index (κ2) is 5.88.